The molecule has 15 heteroatoms. The molecule has 1 aliphatic carbocycles. The molecule has 5 aliphatic heterocycles. The lowest BCUT2D eigenvalue weighted by Crippen LogP contribution is -2.61. The maximum absolute atomic E-state index is 14.4. The lowest BCUT2D eigenvalue weighted by atomic mass is 9.78. The van der Waals surface area contributed by atoms with Gasteiger partial charge in [-0.1, -0.05) is 58.9 Å². The van der Waals surface area contributed by atoms with Gasteiger partial charge >= 0.3 is 5.97 Å². The van der Waals surface area contributed by atoms with Crippen molar-refractivity contribution in [2.75, 3.05) is 27.9 Å². The van der Waals surface area contributed by atoms with Crippen LogP contribution in [0.5, 0.6) is 0 Å². The number of hydrogen-bond acceptors (Lipinski definition) is 14. The summed E-state index contributed by atoms with van der Waals surface area (Å²) in [4.78, 5) is 58.5. The van der Waals surface area contributed by atoms with E-state index >= 15 is 0 Å². The number of amides is 1. The highest BCUT2D eigenvalue weighted by Crippen LogP contribution is 2.50. The molecule has 3 N–H and O–H groups in total. The first-order chi connectivity index (χ1) is 30.8. The first-order valence-electron chi connectivity index (χ1n) is 24.1. The van der Waals surface area contributed by atoms with Crippen LogP contribution in [0.4, 0.5) is 0 Å². The average Bonchev–Trinajstić information content (AvgIpc) is 3.63. The van der Waals surface area contributed by atoms with E-state index in [2.05, 4.69) is 6.92 Å². The Kier molecular flexibility index (Phi) is 17.1. The number of fused-ring (bicyclic) bond motifs is 6. The van der Waals surface area contributed by atoms with Gasteiger partial charge in [-0.05, 0) is 107 Å². The number of ketones is 2. The maximum Gasteiger partial charge on any atom is 0.329 e. The zero-order valence-corrected chi connectivity index (χ0v) is 40.3. The predicted octanol–water partition coefficient (Wildman–Crippen LogP) is 5.16. The molecule has 5 fully saturated rings. The van der Waals surface area contributed by atoms with Gasteiger partial charge in [0.25, 0.3) is 11.7 Å². The van der Waals surface area contributed by atoms with E-state index in [1.807, 2.05) is 39.0 Å². The Balaban J connectivity index is 1.37. The van der Waals surface area contributed by atoms with Crippen molar-refractivity contribution in [1.82, 2.24) is 4.90 Å². The summed E-state index contributed by atoms with van der Waals surface area (Å²) in [5.74, 6) is -8.62. The summed E-state index contributed by atoms with van der Waals surface area (Å²) in [6.45, 7) is 13.2. The van der Waals surface area contributed by atoms with Crippen LogP contribution in [-0.4, -0.2) is 144 Å². The van der Waals surface area contributed by atoms with Gasteiger partial charge in [-0.3, -0.25) is 14.4 Å². The van der Waals surface area contributed by atoms with Crippen LogP contribution in [0.1, 0.15) is 119 Å². The van der Waals surface area contributed by atoms with Gasteiger partial charge in [0.2, 0.25) is 11.6 Å². The molecule has 5 bridgehead atoms. The summed E-state index contributed by atoms with van der Waals surface area (Å²) in [5, 5.41) is 34.6. The van der Waals surface area contributed by atoms with Crippen molar-refractivity contribution in [3.63, 3.8) is 0 Å². The van der Waals surface area contributed by atoms with Crippen LogP contribution in [0.15, 0.2) is 35.5 Å². The highest BCUT2D eigenvalue weighted by Gasteiger charge is 2.62. The molecule has 0 radical (unpaired) electrons. The SMILES string of the molecule is CO[C@@H]1/C(C)=C/C=C\[C@H]2O[C@@]3(O[C@@H]2[C@@H](C)C[C@H]3C)[C@H](OC)[C@H](O)/C(C)=C/[C@@H](C)C(=O)C[C@@H]([C@H](C)C[C@@H]2CC[C@@H](O)[C@H](OC)C2)OC(=O)[C@@H]2CCCCN2C(=O)C(=O)[C@]2(O)O[C@H]1CC[C@H]2C. The van der Waals surface area contributed by atoms with Crippen LogP contribution in [0, 0.1) is 35.5 Å². The number of rotatable bonds is 6. The van der Waals surface area contributed by atoms with E-state index in [1.54, 1.807) is 34.0 Å². The normalized spacial score (nSPS) is 45.5. The molecular formula is C50H77NO14. The molecule has 1 saturated carbocycles. The summed E-state index contributed by atoms with van der Waals surface area (Å²) in [5.41, 5.74) is 1.23. The number of carbonyl (C=O) groups is 4. The van der Waals surface area contributed by atoms with E-state index in [0.29, 0.717) is 50.5 Å². The fraction of sp³-hybridized carbons (Fsp3) is 0.800. The molecule has 4 saturated heterocycles. The van der Waals surface area contributed by atoms with Gasteiger partial charge in [0.05, 0.1) is 24.4 Å². The smallest absolute Gasteiger partial charge is 0.329 e. The molecule has 1 spiro atoms. The second-order valence-electron chi connectivity index (χ2n) is 20.3. The third kappa shape index (κ3) is 10.7. The van der Waals surface area contributed by atoms with Gasteiger partial charge in [0.1, 0.15) is 42.3 Å². The quantitative estimate of drug-likeness (QED) is 0.180. The Labute approximate surface area is 385 Å². The number of allylic oxidation sites excluding steroid dienone is 3. The highest BCUT2D eigenvalue weighted by molar-refractivity contribution is 6.39. The predicted molar refractivity (Wildman–Crippen MR) is 239 cm³/mol. The number of methoxy groups -OCH3 is 3. The number of ether oxygens (including phenoxy) is 7. The van der Waals surface area contributed by atoms with Crippen LogP contribution in [0.25, 0.3) is 0 Å². The molecule has 65 heavy (non-hydrogen) atoms. The van der Waals surface area contributed by atoms with E-state index in [1.165, 1.54) is 19.1 Å². The molecule has 15 nitrogen and oxygen atoms in total. The Morgan fingerprint density at radius 2 is 1.60 bits per heavy atom. The molecule has 0 aromatic heterocycles. The molecule has 1 amide bonds. The topological polar surface area (TPSA) is 197 Å². The Morgan fingerprint density at radius 1 is 0.862 bits per heavy atom. The van der Waals surface area contributed by atoms with Crippen molar-refractivity contribution in [2.45, 2.75) is 192 Å². The van der Waals surface area contributed by atoms with Crippen molar-refractivity contribution >= 4 is 23.4 Å². The number of nitrogens with zero attached hydrogens (tertiary/aromatic N) is 1. The van der Waals surface area contributed by atoms with Crippen molar-refractivity contribution in [2.24, 2.45) is 35.5 Å². The average molecular weight is 916 g/mol. The number of hydrogen-bond donors (Lipinski definition) is 3. The molecule has 6 aliphatic rings. The Morgan fingerprint density at radius 3 is 2.29 bits per heavy atom. The lowest BCUT2D eigenvalue weighted by molar-refractivity contribution is -0.296. The summed E-state index contributed by atoms with van der Waals surface area (Å²) in [7, 11) is 4.61. The van der Waals surface area contributed by atoms with Crippen LogP contribution in [0.2, 0.25) is 0 Å². The standard InChI is InChI=1S/C50H77NO14/c1-27-14-13-16-38-44-31(5)23-33(7)50(64-38,65-44)46(61-10)42(54)30(4)22-28(2)37(53)26-40(29(3)24-34-18-19-36(52)41(25-34)59-8)62-48(57)35-15-11-12-21-51(35)47(56)45(55)49(58)32(6)17-20-39(63-49)43(27)60-9/h13-14,16,22,28-29,31-36,38-44,46,52,54,58H,11-12,15,17-21,23-26H2,1-10H3/b16-13-,27-14+,30-22+/t28-,29-,31+,32-,33-,34+,35+,36-,38-,39+,40+,41-,42-,43-,44-,46-,49-,50+/m1/s1. The van der Waals surface area contributed by atoms with E-state index < -0.39 is 89.8 Å². The van der Waals surface area contributed by atoms with Crippen molar-refractivity contribution < 1.29 is 67.7 Å². The van der Waals surface area contributed by atoms with Crippen LogP contribution in [0.3, 0.4) is 0 Å². The van der Waals surface area contributed by atoms with Crippen LogP contribution in [-0.2, 0) is 52.3 Å². The first-order valence-corrected chi connectivity index (χ1v) is 24.1. The van der Waals surface area contributed by atoms with Crippen LogP contribution >= 0.6 is 0 Å². The van der Waals surface area contributed by atoms with Crippen molar-refractivity contribution in [3.8, 4) is 0 Å². The van der Waals surface area contributed by atoms with Gasteiger partial charge in [0, 0.05) is 52.0 Å². The molecule has 366 valence electrons. The lowest BCUT2D eigenvalue weighted by Gasteiger charge is -2.45. The summed E-state index contributed by atoms with van der Waals surface area (Å²) in [6.07, 6.45) is 6.31. The summed E-state index contributed by atoms with van der Waals surface area (Å²) >= 11 is 0. The van der Waals surface area contributed by atoms with E-state index in [0.717, 1.165) is 18.4 Å². The van der Waals surface area contributed by atoms with Gasteiger partial charge in [-0.25, -0.2) is 4.79 Å². The van der Waals surface area contributed by atoms with Gasteiger partial charge in [-0.15, -0.1) is 0 Å². The Hall–Kier alpha value is -2.86. The number of piperidine rings is 1. The monoisotopic (exact) mass is 916 g/mol. The summed E-state index contributed by atoms with van der Waals surface area (Å²) in [6, 6.07) is -1.13. The first kappa shape index (κ1) is 51.5. The second kappa shape index (κ2) is 21.6. The van der Waals surface area contributed by atoms with E-state index in [-0.39, 0.29) is 61.0 Å². The molecule has 18 atom stereocenters. The molecule has 0 aromatic carbocycles. The third-order valence-electron chi connectivity index (χ3n) is 15.7. The van der Waals surface area contributed by atoms with Crippen molar-refractivity contribution in [3.05, 3.63) is 35.5 Å². The van der Waals surface area contributed by atoms with Gasteiger partial charge in [0.15, 0.2) is 0 Å². The van der Waals surface area contributed by atoms with Gasteiger partial charge < -0.3 is 53.4 Å². The highest BCUT2D eigenvalue weighted by atomic mass is 16.8. The van der Waals surface area contributed by atoms with E-state index in [4.69, 9.17) is 33.2 Å². The minimum atomic E-state index is -2.49. The summed E-state index contributed by atoms with van der Waals surface area (Å²) < 4.78 is 43.7. The van der Waals surface area contributed by atoms with Crippen LogP contribution < -0.4 is 0 Å². The van der Waals surface area contributed by atoms with Crippen molar-refractivity contribution in [1.29, 1.82) is 0 Å². The maximum atomic E-state index is 14.4. The Bertz CT molecular complexity index is 1800. The largest absolute Gasteiger partial charge is 0.460 e. The molecular weight excluding hydrogens is 839 g/mol. The minimum absolute atomic E-state index is 0.0937. The molecule has 0 aromatic rings. The third-order valence-corrected chi connectivity index (χ3v) is 15.7. The van der Waals surface area contributed by atoms with E-state index in [9.17, 15) is 34.5 Å². The molecule has 5 heterocycles. The fourth-order valence-corrected chi connectivity index (χ4v) is 11.6. The minimum Gasteiger partial charge on any atom is -0.460 e. The van der Waals surface area contributed by atoms with Gasteiger partial charge in [-0.2, -0.15) is 0 Å². The molecule has 6 rings (SSSR count). The number of Topliss-reactive ketones (excluding diaryl/α,β-unsaturated/α-hetero) is 2. The molecule has 0 unspecified atom stereocenters. The zero-order valence-electron chi connectivity index (χ0n) is 40.3. The fourth-order valence-electron chi connectivity index (χ4n) is 11.6. The number of esters is 1. The second-order valence-corrected chi connectivity index (χ2v) is 20.3. The zero-order chi connectivity index (χ0) is 47.5. The number of carbonyl (C=O) groups excluding carboxylic acids is 4. The number of aliphatic hydroxyl groups excluding tert-OH is 2. The number of aliphatic hydroxyl groups is 3. The number of cyclic esters (lactones) is 1.